The van der Waals surface area contributed by atoms with Crippen LogP contribution in [0.1, 0.15) is 18.9 Å². The lowest BCUT2D eigenvalue weighted by atomic mass is 10.3. The van der Waals surface area contributed by atoms with Crippen LogP contribution in [0.25, 0.3) is 0 Å². The van der Waals surface area contributed by atoms with Crippen molar-refractivity contribution in [1.29, 1.82) is 0 Å². The van der Waals surface area contributed by atoms with Crippen molar-refractivity contribution in [2.75, 3.05) is 0 Å². The van der Waals surface area contributed by atoms with Gasteiger partial charge in [0.05, 0.1) is 12.6 Å². The zero-order valence-electron chi connectivity index (χ0n) is 7.30. The van der Waals surface area contributed by atoms with Crippen molar-refractivity contribution in [3.8, 4) is 0 Å². The summed E-state index contributed by atoms with van der Waals surface area (Å²) in [6.07, 6.45) is -0.885. The maximum atomic E-state index is 11.8. The van der Waals surface area contributed by atoms with Gasteiger partial charge in [-0.15, -0.1) is 0 Å². The van der Waals surface area contributed by atoms with Crippen molar-refractivity contribution < 1.29 is 13.2 Å². The minimum absolute atomic E-state index is 0.0938. The summed E-state index contributed by atoms with van der Waals surface area (Å²) in [7, 11) is 0. The first kappa shape index (κ1) is 10.1. The second-order valence-corrected chi connectivity index (χ2v) is 2.83. The Balaban J connectivity index is 2.46. The van der Waals surface area contributed by atoms with Crippen LogP contribution in [0.15, 0.2) is 12.4 Å². The van der Waals surface area contributed by atoms with Gasteiger partial charge in [-0.3, -0.25) is 4.68 Å². The molecule has 0 spiro atoms. The average Bonchev–Trinajstić information content (AvgIpc) is 2.47. The minimum Gasteiger partial charge on any atom is -0.272 e. The first-order valence-electron chi connectivity index (χ1n) is 4.09. The zero-order valence-corrected chi connectivity index (χ0v) is 7.30. The van der Waals surface area contributed by atoms with Crippen molar-refractivity contribution in [3.63, 3.8) is 0 Å². The summed E-state index contributed by atoms with van der Waals surface area (Å²) in [6.45, 7) is 1.84. The van der Waals surface area contributed by atoms with Gasteiger partial charge in [0, 0.05) is 12.7 Å². The third-order valence-corrected chi connectivity index (χ3v) is 1.72. The highest BCUT2D eigenvalue weighted by Gasteiger charge is 2.26. The molecular formula is C8H11F3N2. The van der Waals surface area contributed by atoms with Gasteiger partial charge >= 0.3 is 6.18 Å². The number of hydrogen-bond donors (Lipinski definition) is 0. The minimum atomic E-state index is -4.10. The van der Waals surface area contributed by atoms with E-state index >= 15 is 0 Å². The number of nitrogens with zero attached hydrogens (tertiary/aromatic N) is 2. The van der Waals surface area contributed by atoms with E-state index in [1.54, 1.807) is 12.4 Å². The van der Waals surface area contributed by atoms with Gasteiger partial charge in [0.15, 0.2) is 0 Å². The van der Waals surface area contributed by atoms with Gasteiger partial charge in [-0.1, -0.05) is 6.92 Å². The molecule has 0 atom stereocenters. The lowest BCUT2D eigenvalue weighted by molar-refractivity contribution is -0.137. The largest absolute Gasteiger partial charge is 0.390 e. The maximum absolute atomic E-state index is 11.8. The Bertz CT molecular complexity index is 265. The molecule has 2 nitrogen and oxygen atoms in total. The number of rotatable bonds is 3. The highest BCUT2D eigenvalue weighted by atomic mass is 19.4. The molecule has 0 unspecified atom stereocenters. The van der Waals surface area contributed by atoms with Crippen LogP contribution in [0.4, 0.5) is 13.2 Å². The number of aromatic nitrogens is 2. The number of halogens is 3. The fourth-order valence-electron chi connectivity index (χ4n) is 0.953. The quantitative estimate of drug-likeness (QED) is 0.719. The molecule has 0 fully saturated rings. The molecule has 0 aliphatic rings. The van der Waals surface area contributed by atoms with Gasteiger partial charge in [0.2, 0.25) is 0 Å². The molecule has 13 heavy (non-hydrogen) atoms. The topological polar surface area (TPSA) is 17.8 Å². The van der Waals surface area contributed by atoms with Crippen LogP contribution >= 0.6 is 0 Å². The molecule has 0 aromatic carbocycles. The van der Waals surface area contributed by atoms with Crippen molar-refractivity contribution >= 4 is 0 Å². The Hall–Kier alpha value is -1.00. The fraction of sp³-hybridized carbons (Fsp3) is 0.625. The zero-order chi connectivity index (χ0) is 9.90. The summed E-state index contributed by atoms with van der Waals surface area (Å²) < 4.78 is 36.7. The fourth-order valence-corrected chi connectivity index (χ4v) is 0.953. The molecule has 0 saturated carbocycles. The molecule has 1 heterocycles. The van der Waals surface area contributed by atoms with Crippen molar-refractivity contribution in [3.05, 3.63) is 18.0 Å². The van der Waals surface area contributed by atoms with E-state index in [-0.39, 0.29) is 6.54 Å². The predicted octanol–water partition coefficient (Wildman–Crippen LogP) is 2.40. The molecule has 0 aliphatic carbocycles. The van der Waals surface area contributed by atoms with Crippen LogP contribution in [0, 0.1) is 0 Å². The molecule has 0 radical (unpaired) electrons. The van der Waals surface area contributed by atoms with Gasteiger partial charge in [-0.05, 0) is 12.0 Å². The summed E-state index contributed by atoms with van der Waals surface area (Å²) in [6, 6.07) is 0. The maximum Gasteiger partial charge on any atom is 0.390 e. The summed E-state index contributed by atoms with van der Waals surface area (Å²) >= 11 is 0. The second-order valence-electron chi connectivity index (χ2n) is 2.83. The molecule has 0 bridgehead atoms. The van der Waals surface area contributed by atoms with Crippen LogP contribution < -0.4 is 0 Å². The molecule has 1 rings (SSSR count). The molecule has 0 N–H and O–H groups in total. The molecule has 1 aromatic heterocycles. The summed E-state index contributed by atoms with van der Waals surface area (Å²) in [4.78, 5) is 0. The van der Waals surface area contributed by atoms with E-state index in [9.17, 15) is 13.2 Å². The molecule has 1 aromatic rings. The van der Waals surface area contributed by atoms with Crippen LogP contribution in [0.2, 0.25) is 0 Å². The van der Waals surface area contributed by atoms with Crippen LogP contribution in [0.3, 0.4) is 0 Å². The Morgan fingerprint density at radius 2 is 2.15 bits per heavy atom. The number of hydrogen-bond acceptors (Lipinski definition) is 1. The molecule has 0 saturated heterocycles. The Morgan fingerprint density at radius 1 is 1.46 bits per heavy atom. The standard InChI is InChI=1S/C8H11F3N2/c1-2-7-5-12-13(6-7)4-3-8(9,10)11/h5-6H,2-4H2,1H3. The molecule has 74 valence electrons. The van der Waals surface area contributed by atoms with Crippen LogP contribution in [0.5, 0.6) is 0 Å². The van der Waals surface area contributed by atoms with E-state index in [2.05, 4.69) is 5.10 Å². The van der Waals surface area contributed by atoms with Gasteiger partial charge in [0.1, 0.15) is 0 Å². The number of alkyl halides is 3. The average molecular weight is 192 g/mol. The van der Waals surface area contributed by atoms with E-state index in [1.165, 1.54) is 4.68 Å². The lowest BCUT2D eigenvalue weighted by Crippen LogP contribution is -2.12. The SMILES string of the molecule is CCc1cnn(CCC(F)(F)F)c1. The molecular weight excluding hydrogens is 181 g/mol. The molecule has 5 heteroatoms. The highest BCUT2D eigenvalue weighted by Crippen LogP contribution is 2.19. The van der Waals surface area contributed by atoms with Gasteiger partial charge < -0.3 is 0 Å². The third kappa shape index (κ3) is 3.48. The second kappa shape index (κ2) is 3.81. The van der Waals surface area contributed by atoms with E-state index in [0.29, 0.717) is 0 Å². The van der Waals surface area contributed by atoms with Gasteiger partial charge in [-0.2, -0.15) is 18.3 Å². The summed E-state index contributed by atoms with van der Waals surface area (Å²) in [5.41, 5.74) is 0.960. The summed E-state index contributed by atoms with van der Waals surface area (Å²) in [5, 5.41) is 3.81. The Morgan fingerprint density at radius 3 is 2.62 bits per heavy atom. The monoisotopic (exact) mass is 192 g/mol. The van der Waals surface area contributed by atoms with Gasteiger partial charge in [0.25, 0.3) is 0 Å². The van der Waals surface area contributed by atoms with E-state index in [0.717, 1.165) is 12.0 Å². The van der Waals surface area contributed by atoms with E-state index in [4.69, 9.17) is 0 Å². The first-order valence-corrected chi connectivity index (χ1v) is 4.09. The van der Waals surface area contributed by atoms with Crippen molar-refractivity contribution in [2.24, 2.45) is 0 Å². The number of aryl methyl sites for hydroxylation is 2. The Labute approximate surface area is 74.4 Å². The Kier molecular flexibility index (Phi) is 2.95. The third-order valence-electron chi connectivity index (χ3n) is 1.72. The van der Waals surface area contributed by atoms with E-state index < -0.39 is 12.6 Å². The van der Waals surface area contributed by atoms with Gasteiger partial charge in [-0.25, -0.2) is 0 Å². The lowest BCUT2D eigenvalue weighted by Gasteiger charge is -2.05. The molecule has 0 amide bonds. The smallest absolute Gasteiger partial charge is 0.272 e. The summed E-state index contributed by atoms with van der Waals surface area (Å²) in [5.74, 6) is 0. The van der Waals surface area contributed by atoms with Crippen LogP contribution in [-0.4, -0.2) is 16.0 Å². The normalized spacial score (nSPS) is 12.0. The first-order chi connectivity index (χ1) is 6.01. The predicted molar refractivity (Wildman–Crippen MR) is 42.3 cm³/mol. The van der Waals surface area contributed by atoms with Crippen molar-refractivity contribution in [2.45, 2.75) is 32.5 Å². The molecule has 0 aliphatic heterocycles. The van der Waals surface area contributed by atoms with Crippen molar-refractivity contribution in [1.82, 2.24) is 9.78 Å². The van der Waals surface area contributed by atoms with Crippen LogP contribution in [-0.2, 0) is 13.0 Å². The highest BCUT2D eigenvalue weighted by molar-refractivity contribution is 5.02. The van der Waals surface area contributed by atoms with E-state index in [1.807, 2.05) is 6.92 Å².